The summed E-state index contributed by atoms with van der Waals surface area (Å²) in [5.41, 5.74) is 0. The molecule has 0 heterocycles. The van der Waals surface area contributed by atoms with Crippen LogP contribution in [0.15, 0.2) is 87.1 Å². The van der Waals surface area contributed by atoms with E-state index in [4.69, 9.17) is 0 Å². The van der Waals surface area contributed by atoms with E-state index >= 15 is 0 Å². The second-order valence-corrected chi connectivity index (χ2v) is 10.6. The summed E-state index contributed by atoms with van der Waals surface area (Å²) >= 11 is 0. The summed E-state index contributed by atoms with van der Waals surface area (Å²) in [6.45, 7) is 16.0. The first-order valence-electron chi connectivity index (χ1n) is 12.7. The van der Waals surface area contributed by atoms with Gasteiger partial charge in [-0.3, -0.25) is 0 Å². The number of hydrogen-bond acceptors (Lipinski definition) is 0. The largest absolute Gasteiger partial charge is 0.103 e. The summed E-state index contributed by atoms with van der Waals surface area (Å²) in [7, 11) is 0. The van der Waals surface area contributed by atoms with Gasteiger partial charge in [0.1, 0.15) is 0 Å². The van der Waals surface area contributed by atoms with Crippen molar-refractivity contribution in [3.63, 3.8) is 0 Å². The molecule has 10 atom stereocenters. The van der Waals surface area contributed by atoms with Crippen LogP contribution in [0.4, 0.5) is 0 Å². The van der Waals surface area contributed by atoms with Gasteiger partial charge in [0, 0.05) is 0 Å². The van der Waals surface area contributed by atoms with E-state index in [1.54, 1.807) is 0 Å². The zero-order valence-corrected chi connectivity index (χ0v) is 19.3. The molecule has 0 radical (unpaired) electrons. The Morgan fingerprint density at radius 3 is 2.23 bits per heavy atom. The van der Waals surface area contributed by atoms with Crippen LogP contribution in [0.25, 0.3) is 0 Å². The molecule has 2 bridgehead atoms. The molecule has 166 valence electrons. The summed E-state index contributed by atoms with van der Waals surface area (Å²) in [5, 5.41) is 0. The van der Waals surface area contributed by atoms with Gasteiger partial charge in [-0.05, 0) is 104 Å². The number of rotatable bonds is 7. The van der Waals surface area contributed by atoms with E-state index in [1.165, 1.54) is 38.5 Å². The normalized spacial score (nSPS) is 44.3. The monoisotopic (exact) mass is 414 g/mol. The van der Waals surface area contributed by atoms with Gasteiger partial charge in [0.15, 0.2) is 0 Å². The van der Waals surface area contributed by atoms with Crippen molar-refractivity contribution in [2.24, 2.45) is 59.2 Å². The van der Waals surface area contributed by atoms with E-state index < -0.39 is 0 Å². The lowest BCUT2D eigenvalue weighted by Gasteiger charge is -2.20. The maximum Gasteiger partial charge on any atom is -0.0133 e. The Bertz CT molecular complexity index is 748. The van der Waals surface area contributed by atoms with Crippen molar-refractivity contribution in [2.45, 2.75) is 44.9 Å². The quantitative estimate of drug-likeness (QED) is 0.367. The fourth-order valence-electron chi connectivity index (χ4n) is 7.32. The van der Waals surface area contributed by atoms with Crippen LogP contribution in [0.1, 0.15) is 44.9 Å². The van der Waals surface area contributed by atoms with Crippen molar-refractivity contribution in [3.8, 4) is 0 Å². The van der Waals surface area contributed by atoms with E-state index in [9.17, 15) is 0 Å². The molecule has 0 saturated heterocycles. The smallest absolute Gasteiger partial charge is 0.0133 e. The molecule has 0 aliphatic heterocycles. The average molecular weight is 415 g/mol. The molecular weight excluding hydrogens is 372 g/mol. The molecule has 0 nitrogen and oxygen atoms in total. The molecule has 0 aromatic carbocycles. The fourth-order valence-corrected chi connectivity index (χ4v) is 7.32. The predicted molar refractivity (Wildman–Crippen MR) is 135 cm³/mol. The first kappa shape index (κ1) is 22.4. The van der Waals surface area contributed by atoms with Gasteiger partial charge in [-0.2, -0.15) is 0 Å². The van der Waals surface area contributed by atoms with Crippen LogP contribution in [0.2, 0.25) is 0 Å². The predicted octanol–water partition coefficient (Wildman–Crippen LogP) is 8.35. The molecule has 10 unspecified atom stereocenters. The Balaban J connectivity index is 0.000000188. The van der Waals surface area contributed by atoms with Crippen molar-refractivity contribution < 1.29 is 0 Å². The minimum Gasteiger partial charge on any atom is -0.103 e. The number of fused-ring (bicyclic) bond motifs is 5. The highest BCUT2D eigenvalue weighted by atomic mass is 14.5. The van der Waals surface area contributed by atoms with Crippen LogP contribution < -0.4 is 0 Å². The Hall–Kier alpha value is -1.82. The van der Waals surface area contributed by atoms with Gasteiger partial charge in [0.25, 0.3) is 0 Å². The molecule has 5 rings (SSSR count). The van der Waals surface area contributed by atoms with E-state index in [1.807, 2.05) is 0 Å². The molecule has 3 saturated carbocycles. The molecule has 0 N–H and O–H groups in total. The molecule has 0 spiro atoms. The topological polar surface area (TPSA) is 0 Å². The summed E-state index contributed by atoms with van der Waals surface area (Å²) in [6, 6.07) is 0. The first-order valence-corrected chi connectivity index (χ1v) is 12.7. The highest BCUT2D eigenvalue weighted by molar-refractivity contribution is 5.21. The summed E-state index contributed by atoms with van der Waals surface area (Å²) in [6.07, 6.45) is 32.1. The molecule has 3 fully saturated rings. The molecule has 0 aromatic rings. The van der Waals surface area contributed by atoms with Crippen molar-refractivity contribution in [3.05, 3.63) is 87.1 Å². The Morgan fingerprint density at radius 2 is 1.55 bits per heavy atom. The minimum absolute atomic E-state index is 0.568. The van der Waals surface area contributed by atoms with Gasteiger partial charge in [-0.1, -0.05) is 60.8 Å². The highest BCUT2D eigenvalue weighted by Crippen LogP contribution is 2.52. The maximum absolute atomic E-state index is 4.08. The van der Waals surface area contributed by atoms with Crippen LogP contribution in [0, 0.1) is 59.2 Å². The van der Waals surface area contributed by atoms with Crippen molar-refractivity contribution in [1.82, 2.24) is 0 Å². The average Bonchev–Trinajstić information content (AvgIpc) is 3.60. The molecule has 0 aromatic heterocycles. The molecule has 0 amide bonds. The van der Waals surface area contributed by atoms with Gasteiger partial charge >= 0.3 is 0 Å². The lowest BCUT2D eigenvalue weighted by molar-refractivity contribution is 0.388. The third-order valence-corrected chi connectivity index (χ3v) is 9.03. The first-order chi connectivity index (χ1) is 15.2. The number of allylic oxidation sites excluding steroid dienone is 10. The van der Waals surface area contributed by atoms with Gasteiger partial charge in [-0.25, -0.2) is 0 Å². The number of hydrogen-bond donors (Lipinski definition) is 0. The Labute approximate surface area is 191 Å². The second-order valence-electron chi connectivity index (χ2n) is 10.6. The van der Waals surface area contributed by atoms with Gasteiger partial charge in [0.2, 0.25) is 0 Å². The maximum atomic E-state index is 4.08. The summed E-state index contributed by atoms with van der Waals surface area (Å²) < 4.78 is 0. The zero-order valence-electron chi connectivity index (χ0n) is 19.3. The van der Waals surface area contributed by atoms with Crippen LogP contribution in [0.5, 0.6) is 0 Å². The summed E-state index contributed by atoms with van der Waals surface area (Å²) in [5.74, 6) is 7.73. The second kappa shape index (κ2) is 10.2. The van der Waals surface area contributed by atoms with E-state index in [-0.39, 0.29) is 0 Å². The lowest BCUT2D eigenvalue weighted by Crippen LogP contribution is -2.13. The molecule has 5 aliphatic rings. The van der Waals surface area contributed by atoms with Crippen LogP contribution in [-0.4, -0.2) is 0 Å². The van der Waals surface area contributed by atoms with Crippen LogP contribution in [-0.2, 0) is 0 Å². The third kappa shape index (κ3) is 4.69. The fraction of sp³-hybridized carbons (Fsp3) is 0.548. The van der Waals surface area contributed by atoms with Crippen LogP contribution in [0.3, 0.4) is 0 Å². The molecule has 0 heteroatoms. The van der Waals surface area contributed by atoms with Crippen LogP contribution >= 0.6 is 0 Å². The lowest BCUT2D eigenvalue weighted by atomic mass is 9.84. The van der Waals surface area contributed by atoms with E-state index in [0.717, 1.165) is 41.9 Å². The van der Waals surface area contributed by atoms with Gasteiger partial charge < -0.3 is 0 Å². The van der Waals surface area contributed by atoms with Gasteiger partial charge in [-0.15, -0.1) is 26.3 Å². The van der Waals surface area contributed by atoms with Crippen molar-refractivity contribution in [2.75, 3.05) is 0 Å². The minimum atomic E-state index is 0.568. The Morgan fingerprint density at radius 1 is 0.742 bits per heavy atom. The zero-order chi connectivity index (χ0) is 21.8. The van der Waals surface area contributed by atoms with Gasteiger partial charge in [0.05, 0.1) is 0 Å². The third-order valence-electron chi connectivity index (χ3n) is 9.03. The SMILES string of the molecule is C1=CC2C3C=CC(C3)C2C1.C=CCC1C(C=C)CC(/C=C\C2CCC(C=C)C2)C1C=C. The van der Waals surface area contributed by atoms with E-state index in [0.29, 0.717) is 23.7 Å². The highest BCUT2D eigenvalue weighted by Gasteiger charge is 2.44. The standard InChI is InChI=1S/C21H30.C10H12/c1-5-9-21-18(7-3)15-19(20(21)8-4)13-12-17-11-10-16(6-2)14-17;1-2-9-7-4-5-8(6-7)10(9)3-1/h5-8,12-13,16-21H,1-4,9-11,14-15H2;1-2,4-5,7-10H,3,6H2/b13-12-;. The molecule has 31 heavy (non-hydrogen) atoms. The molecular formula is C31H42. The van der Waals surface area contributed by atoms with Crippen molar-refractivity contribution >= 4 is 0 Å². The van der Waals surface area contributed by atoms with Crippen molar-refractivity contribution in [1.29, 1.82) is 0 Å². The molecule has 5 aliphatic carbocycles. The Kier molecular flexibility index (Phi) is 7.36. The van der Waals surface area contributed by atoms with E-state index in [2.05, 4.69) is 87.1 Å². The summed E-state index contributed by atoms with van der Waals surface area (Å²) in [4.78, 5) is 0.